The van der Waals surface area contributed by atoms with Gasteiger partial charge in [0, 0.05) is 16.5 Å². The molecule has 5 aromatic rings. The van der Waals surface area contributed by atoms with Gasteiger partial charge in [0.05, 0.1) is 17.8 Å². The smallest absolute Gasteiger partial charge is 0.271 e. The second-order valence-corrected chi connectivity index (χ2v) is 7.95. The molecule has 0 saturated heterocycles. The van der Waals surface area contributed by atoms with Gasteiger partial charge in [-0.3, -0.25) is 9.59 Å². The fourth-order valence-electron chi connectivity index (χ4n) is 4.16. The standard InChI is InChI=1S/C28H21N3O3/c29-27(33)24-26(32)22-16-21(19-12-6-2-7-13-19)28(34)31(17-18-10-4-1-5-11-18)25(22)23(30-24)20-14-8-3-9-15-20/h1-16,32H,17H2,(H2,29,33). The van der Waals surface area contributed by atoms with Crippen molar-refractivity contribution in [3.8, 4) is 28.1 Å². The second kappa shape index (κ2) is 8.67. The molecule has 3 aromatic carbocycles. The summed E-state index contributed by atoms with van der Waals surface area (Å²) in [7, 11) is 0. The molecule has 34 heavy (non-hydrogen) atoms. The zero-order valence-corrected chi connectivity index (χ0v) is 18.2. The molecule has 0 atom stereocenters. The summed E-state index contributed by atoms with van der Waals surface area (Å²) in [5.41, 5.74) is 8.64. The zero-order chi connectivity index (χ0) is 23.7. The third-order valence-corrected chi connectivity index (χ3v) is 5.77. The molecular formula is C28H21N3O3. The first-order valence-electron chi connectivity index (χ1n) is 10.8. The van der Waals surface area contributed by atoms with E-state index in [0.29, 0.717) is 33.3 Å². The van der Waals surface area contributed by atoms with Crippen LogP contribution in [0.15, 0.2) is 102 Å². The Balaban J connectivity index is 1.94. The van der Waals surface area contributed by atoms with E-state index < -0.39 is 5.91 Å². The number of nitrogens with zero attached hydrogens (tertiary/aromatic N) is 2. The number of hydrogen-bond acceptors (Lipinski definition) is 4. The van der Waals surface area contributed by atoms with E-state index in [0.717, 1.165) is 5.56 Å². The van der Waals surface area contributed by atoms with Crippen LogP contribution in [0.4, 0.5) is 0 Å². The largest absolute Gasteiger partial charge is 0.505 e. The van der Waals surface area contributed by atoms with E-state index in [2.05, 4.69) is 4.98 Å². The second-order valence-electron chi connectivity index (χ2n) is 7.95. The maximum absolute atomic E-state index is 13.9. The van der Waals surface area contributed by atoms with Gasteiger partial charge < -0.3 is 15.4 Å². The van der Waals surface area contributed by atoms with Crippen molar-refractivity contribution in [2.24, 2.45) is 5.73 Å². The van der Waals surface area contributed by atoms with E-state index in [1.54, 1.807) is 10.6 Å². The lowest BCUT2D eigenvalue weighted by Gasteiger charge is -2.18. The van der Waals surface area contributed by atoms with Gasteiger partial charge in [-0.2, -0.15) is 0 Å². The first-order valence-corrected chi connectivity index (χ1v) is 10.8. The maximum Gasteiger partial charge on any atom is 0.271 e. The predicted octanol–water partition coefficient (Wildman–Crippen LogP) is 4.58. The summed E-state index contributed by atoms with van der Waals surface area (Å²) < 4.78 is 1.60. The highest BCUT2D eigenvalue weighted by Crippen LogP contribution is 2.36. The molecule has 0 spiro atoms. The van der Waals surface area contributed by atoms with Gasteiger partial charge in [-0.1, -0.05) is 91.0 Å². The predicted molar refractivity (Wildman–Crippen MR) is 133 cm³/mol. The molecule has 1 amide bonds. The number of amides is 1. The summed E-state index contributed by atoms with van der Waals surface area (Å²) in [6.07, 6.45) is 0. The van der Waals surface area contributed by atoms with Crippen LogP contribution in [0.3, 0.4) is 0 Å². The molecule has 0 bridgehead atoms. The van der Waals surface area contributed by atoms with E-state index in [1.807, 2.05) is 91.0 Å². The van der Waals surface area contributed by atoms with Gasteiger partial charge in [-0.25, -0.2) is 4.98 Å². The number of rotatable bonds is 5. The summed E-state index contributed by atoms with van der Waals surface area (Å²) >= 11 is 0. The lowest BCUT2D eigenvalue weighted by Crippen LogP contribution is -2.24. The van der Waals surface area contributed by atoms with Crippen molar-refractivity contribution in [2.45, 2.75) is 6.54 Å². The van der Waals surface area contributed by atoms with Crippen molar-refractivity contribution in [3.63, 3.8) is 0 Å². The van der Waals surface area contributed by atoms with E-state index in [-0.39, 0.29) is 23.5 Å². The Kier molecular flexibility index (Phi) is 5.40. The first-order chi connectivity index (χ1) is 16.5. The molecule has 3 N–H and O–H groups in total. The third kappa shape index (κ3) is 3.71. The molecule has 2 aromatic heterocycles. The van der Waals surface area contributed by atoms with Crippen molar-refractivity contribution in [3.05, 3.63) is 119 Å². The van der Waals surface area contributed by atoms with Crippen molar-refractivity contribution >= 4 is 16.8 Å². The van der Waals surface area contributed by atoms with Crippen LogP contribution < -0.4 is 11.3 Å². The summed E-state index contributed by atoms with van der Waals surface area (Å²) in [5, 5.41) is 11.4. The maximum atomic E-state index is 13.9. The summed E-state index contributed by atoms with van der Waals surface area (Å²) in [6, 6.07) is 29.7. The molecule has 6 heteroatoms. The highest BCUT2D eigenvalue weighted by Gasteiger charge is 2.23. The highest BCUT2D eigenvalue weighted by molar-refractivity contribution is 6.05. The van der Waals surface area contributed by atoms with Crippen LogP contribution in [0, 0.1) is 0 Å². The lowest BCUT2D eigenvalue weighted by atomic mass is 10.0. The third-order valence-electron chi connectivity index (χ3n) is 5.77. The molecule has 6 nitrogen and oxygen atoms in total. The van der Waals surface area contributed by atoms with Gasteiger partial charge in [-0.05, 0) is 17.2 Å². The Bertz CT molecular complexity index is 1560. The van der Waals surface area contributed by atoms with Crippen LogP contribution in [0.5, 0.6) is 5.75 Å². The van der Waals surface area contributed by atoms with Crippen LogP contribution in [-0.2, 0) is 6.54 Å². The Morgan fingerprint density at radius 1 is 0.853 bits per heavy atom. The fourth-order valence-corrected chi connectivity index (χ4v) is 4.16. The van der Waals surface area contributed by atoms with Crippen molar-refractivity contribution in [1.82, 2.24) is 9.55 Å². The molecular weight excluding hydrogens is 426 g/mol. The molecule has 0 radical (unpaired) electrons. The summed E-state index contributed by atoms with van der Waals surface area (Å²) in [4.78, 5) is 30.5. The van der Waals surface area contributed by atoms with Crippen LogP contribution in [0.1, 0.15) is 16.1 Å². The van der Waals surface area contributed by atoms with E-state index in [9.17, 15) is 14.7 Å². The number of carbonyl (C=O) groups excluding carboxylic acids is 1. The summed E-state index contributed by atoms with van der Waals surface area (Å²) in [6.45, 7) is 0.258. The number of nitrogens with two attached hydrogens (primary N) is 1. The average molecular weight is 447 g/mol. The molecule has 0 saturated carbocycles. The Hall–Kier alpha value is -4.71. The van der Waals surface area contributed by atoms with Crippen molar-refractivity contribution in [1.29, 1.82) is 0 Å². The Morgan fingerprint density at radius 2 is 1.41 bits per heavy atom. The molecule has 0 aliphatic heterocycles. The van der Waals surface area contributed by atoms with Gasteiger partial charge >= 0.3 is 0 Å². The van der Waals surface area contributed by atoms with Crippen LogP contribution in [0.25, 0.3) is 33.3 Å². The summed E-state index contributed by atoms with van der Waals surface area (Å²) in [5.74, 6) is -1.19. The van der Waals surface area contributed by atoms with Gasteiger partial charge in [0.2, 0.25) is 0 Å². The lowest BCUT2D eigenvalue weighted by molar-refractivity contribution is 0.0993. The number of primary amides is 1. The number of pyridine rings is 2. The minimum absolute atomic E-state index is 0.229. The Labute approximate surface area is 195 Å². The van der Waals surface area contributed by atoms with Gasteiger partial charge in [0.15, 0.2) is 11.4 Å². The molecule has 166 valence electrons. The molecule has 0 aliphatic rings. The minimum atomic E-state index is -0.848. The quantitative estimate of drug-likeness (QED) is 0.412. The molecule has 5 rings (SSSR count). The topological polar surface area (TPSA) is 98.2 Å². The van der Waals surface area contributed by atoms with E-state index >= 15 is 0 Å². The van der Waals surface area contributed by atoms with Gasteiger partial charge in [0.25, 0.3) is 11.5 Å². The van der Waals surface area contributed by atoms with Crippen molar-refractivity contribution in [2.75, 3.05) is 0 Å². The average Bonchev–Trinajstić information content (AvgIpc) is 2.87. The minimum Gasteiger partial charge on any atom is -0.505 e. The van der Waals surface area contributed by atoms with Crippen LogP contribution in [0.2, 0.25) is 0 Å². The van der Waals surface area contributed by atoms with Crippen LogP contribution >= 0.6 is 0 Å². The molecule has 0 aliphatic carbocycles. The number of aromatic hydroxyl groups is 1. The highest BCUT2D eigenvalue weighted by atomic mass is 16.3. The Morgan fingerprint density at radius 3 is 2.00 bits per heavy atom. The number of carbonyl (C=O) groups is 1. The number of hydrogen-bond donors (Lipinski definition) is 2. The van der Waals surface area contributed by atoms with E-state index in [4.69, 9.17) is 5.73 Å². The normalized spacial score (nSPS) is 10.9. The number of fused-ring (bicyclic) bond motifs is 1. The monoisotopic (exact) mass is 447 g/mol. The van der Waals surface area contributed by atoms with Crippen molar-refractivity contribution < 1.29 is 9.90 Å². The van der Waals surface area contributed by atoms with Gasteiger partial charge in [0.1, 0.15) is 0 Å². The molecule has 0 unspecified atom stereocenters. The number of aromatic nitrogens is 2. The van der Waals surface area contributed by atoms with Crippen LogP contribution in [-0.4, -0.2) is 20.6 Å². The SMILES string of the molecule is NC(=O)c1nc(-c2ccccc2)c2c(cc(-c3ccccc3)c(=O)n2Cc2ccccc2)c1O. The van der Waals surface area contributed by atoms with E-state index in [1.165, 1.54) is 0 Å². The molecule has 2 heterocycles. The van der Waals surface area contributed by atoms with Gasteiger partial charge in [-0.15, -0.1) is 0 Å². The first kappa shape index (κ1) is 21.2. The molecule has 0 fully saturated rings. The fraction of sp³-hybridized carbons (Fsp3) is 0.0357. The number of benzene rings is 3. The zero-order valence-electron chi connectivity index (χ0n) is 18.2.